The molecular weight excluding hydrogens is 300 g/mol. The summed E-state index contributed by atoms with van der Waals surface area (Å²) in [6, 6.07) is 0. The topological polar surface area (TPSA) is 80.0 Å². The number of hydrogen-bond donors (Lipinski definition) is 2. The van der Waals surface area contributed by atoms with E-state index in [0.29, 0.717) is 18.2 Å². The molecule has 1 amide bonds. The van der Waals surface area contributed by atoms with Crippen molar-refractivity contribution in [1.29, 1.82) is 0 Å². The Balaban J connectivity index is 1.57. The van der Waals surface area contributed by atoms with E-state index in [4.69, 9.17) is 0 Å². The molecule has 0 aliphatic heterocycles. The number of amides is 1. The Labute approximate surface area is 133 Å². The van der Waals surface area contributed by atoms with Gasteiger partial charge in [0.15, 0.2) is 0 Å². The number of hydrogen-bond acceptors (Lipinski definition) is 5. The molecule has 2 aromatic rings. The van der Waals surface area contributed by atoms with Gasteiger partial charge in [0.25, 0.3) is 5.91 Å². The fourth-order valence-electron chi connectivity index (χ4n) is 2.84. The van der Waals surface area contributed by atoms with Crippen LogP contribution in [-0.2, 0) is 7.05 Å². The second-order valence-corrected chi connectivity index (χ2v) is 6.62. The Bertz CT molecular complexity index is 646. The highest BCUT2D eigenvalue weighted by Crippen LogP contribution is 2.27. The van der Waals surface area contributed by atoms with Crippen LogP contribution < -0.4 is 5.32 Å². The molecule has 2 heterocycles. The van der Waals surface area contributed by atoms with Crippen molar-refractivity contribution in [1.82, 2.24) is 20.1 Å². The number of aromatic nitrogens is 3. The Hall–Kier alpha value is -1.73. The summed E-state index contributed by atoms with van der Waals surface area (Å²) in [5, 5.41) is 19.5. The second-order valence-electron chi connectivity index (χ2n) is 5.76. The first-order valence-electron chi connectivity index (χ1n) is 7.54. The Kier molecular flexibility index (Phi) is 4.54. The number of thiazole rings is 1. The van der Waals surface area contributed by atoms with Crippen LogP contribution in [0.3, 0.4) is 0 Å². The SMILES string of the molecule is Cn1cc(-c2nc(C(=O)NCC(O)C3CCCC3)cs2)cn1. The Morgan fingerprint density at radius 3 is 3.00 bits per heavy atom. The highest BCUT2D eigenvalue weighted by atomic mass is 32.1. The molecule has 0 aromatic carbocycles. The van der Waals surface area contributed by atoms with E-state index < -0.39 is 6.10 Å². The van der Waals surface area contributed by atoms with Crippen LogP contribution in [0, 0.1) is 5.92 Å². The van der Waals surface area contributed by atoms with E-state index in [-0.39, 0.29) is 5.91 Å². The summed E-state index contributed by atoms with van der Waals surface area (Å²) < 4.78 is 1.70. The minimum atomic E-state index is -0.456. The van der Waals surface area contributed by atoms with Gasteiger partial charge in [-0.3, -0.25) is 9.48 Å². The van der Waals surface area contributed by atoms with Gasteiger partial charge in [0.2, 0.25) is 0 Å². The smallest absolute Gasteiger partial charge is 0.270 e. The molecule has 1 atom stereocenters. The van der Waals surface area contributed by atoms with Crippen LogP contribution in [0.15, 0.2) is 17.8 Å². The van der Waals surface area contributed by atoms with Gasteiger partial charge in [-0.25, -0.2) is 4.98 Å². The lowest BCUT2D eigenvalue weighted by atomic mass is 10.0. The van der Waals surface area contributed by atoms with Crippen LogP contribution >= 0.6 is 11.3 Å². The Morgan fingerprint density at radius 1 is 1.55 bits per heavy atom. The predicted octanol–water partition coefficient (Wildman–Crippen LogP) is 1.82. The summed E-state index contributed by atoms with van der Waals surface area (Å²) in [5.41, 5.74) is 1.29. The van der Waals surface area contributed by atoms with E-state index in [1.165, 1.54) is 24.2 Å². The van der Waals surface area contributed by atoms with Crippen molar-refractivity contribution in [3.05, 3.63) is 23.5 Å². The van der Waals surface area contributed by atoms with E-state index in [9.17, 15) is 9.90 Å². The molecule has 1 aliphatic carbocycles. The molecule has 1 aliphatic rings. The van der Waals surface area contributed by atoms with Gasteiger partial charge >= 0.3 is 0 Å². The molecule has 0 radical (unpaired) electrons. The molecule has 7 heteroatoms. The van der Waals surface area contributed by atoms with Crippen molar-refractivity contribution in [3.63, 3.8) is 0 Å². The third-order valence-electron chi connectivity index (χ3n) is 4.10. The van der Waals surface area contributed by atoms with E-state index >= 15 is 0 Å². The Morgan fingerprint density at radius 2 is 2.32 bits per heavy atom. The van der Waals surface area contributed by atoms with Gasteiger partial charge in [0.05, 0.1) is 12.3 Å². The van der Waals surface area contributed by atoms with Gasteiger partial charge in [-0.15, -0.1) is 11.3 Å². The van der Waals surface area contributed by atoms with Crippen molar-refractivity contribution < 1.29 is 9.90 Å². The molecule has 0 bridgehead atoms. The van der Waals surface area contributed by atoms with Crippen molar-refractivity contribution >= 4 is 17.2 Å². The van der Waals surface area contributed by atoms with E-state index in [1.54, 1.807) is 16.3 Å². The zero-order valence-corrected chi connectivity index (χ0v) is 13.3. The van der Waals surface area contributed by atoms with E-state index in [2.05, 4.69) is 15.4 Å². The molecule has 0 spiro atoms. The van der Waals surface area contributed by atoms with Crippen LogP contribution in [0.4, 0.5) is 0 Å². The molecular formula is C15H20N4O2S. The first-order valence-corrected chi connectivity index (χ1v) is 8.42. The fourth-order valence-corrected chi connectivity index (χ4v) is 3.61. The number of aryl methyl sites for hydroxylation is 1. The highest BCUT2D eigenvalue weighted by molar-refractivity contribution is 7.13. The van der Waals surface area contributed by atoms with Crippen molar-refractivity contribution in [2.24, 2.45) is 13.0 Å². The lowest BCUT2D eigenvalue weighted by molar-refractivity contribution is 0.0837. The summed E-state index contributed by atoms with van der Waals surface area (Å²) in [4.78, 5) is 16.5. The number of rotatable bonds is 5. The lowest BCUT2D eigenvalue weighted by Crippen LogP contribution is -2.35. The van der Waals surface area contributed by atoms with Crippen LogP contribution in [-0.4, -0.2) is 38.4 Å². The third-order valence-corrected chi connectivity index (χ3v) is 5.00. The molecule has 0 saturated heterocycles. The summed E-state index contributed by atoms with van der Waals surface area (Å²) in [7, 11) is 1.84. The van der Waals surface area contributed by atoms with Gasteiger partial charge < -0.3 is 10.4 Å². The van der Waals surface area contributed by atoms with Crippen molar-refractivity contribution in [2.75, 3.05) is 6.54 Å². The number of nitrogens with one attached hydrogen (secondary N) is 1. The van der Waals surface area contributed by atoms with Gasteiger partial charge in [-0.1, -0.05) is 12.8 Å². The lowest BCUT2D eigenvalue weighted by Gasteiger charge is -2.17. The minimum Gasteiger partial charge on any atom is -0.391 e. The molecule has 3 rings (SSSR count). The number of nitrogens with zero attached hydrogens (tertiary/aromatic N) is 3. The molecule has 2 N–H and O–H groups in total. The molecule has 1 saturated carbocycles. The maximum atomic E-state index is 12.1. The highest BCUT2D eigenvalue weighted by Gasteiger charge is 2.23. The average molecular weight is 320 g/mol. The summed E-state index contributed by atoms with van der Waals surface area (Å²) >= 11 is 1.42. The average Bonchev–Trinajstić information content (AvgIpc) is 3.23. The number of aliphatic hydroxyl groups excluding tert-OH is 1. The summed E-state index contributed by atoms with van der Waals surface area (Å²) in [6.45, 7) is 0.295. The largest absolute Gasteiger partial charge is 0.391 e. The molecule has 22 heavy (non-hydrogen) atoms. The molecule has 1 unspecified atom stereocenters. The molecule has 1 fully saturated rings. The van der Waals surface area contributed by atoms with E-state index in [1.807, 2.05) is 13.2 Å². The maximum Gasteiger partial charge on any atom is 0.270 e. The van der Waals surface area contributed by atoms with Crippen LogP contribution in [0.1, 0.15) is 36.2 Å². The van der Waals surface area contributed by atoms with Gasteiger partial charge in [0, 0.05) is 30.7 Å². The number of aliphatic hydroxyl groups is 1. The monoisotopic (exact) mass is 320 g/mol. The van der Waals surface area contributed by atoms with Crippen LogP contribution in [0.2, 0.25) is 0 Å². The summed E-state index contributed by atoms with van der Waals surface area (Å²) in [5.74, 6) is 0.0881. The number of carbonyl (C=O) groups is 1. The second kappa shape index (κ2) is 6.58. The number of carbonyl (C=O) groups excluding carboxylic acids is 1. The van der Waals surface area contributed by atoms with Gasteiger partial charge in [-0.05, 0) is 18.8 Å². The van der Waals surface area contributed by atoms with E-state index in [0.717, 1.165) is 23.4 Å². The van der Waals surface area contributed by atoms with Crippen LogP contribution in [0.25, 0.3) is 10.6 Å². The zero-order valence-electron chi connectivity index (χ0n) is 12.5. The van der Waals surface area contributed by atoms with Gasteiger partial charge in [-0.2, -0.15) is 5.10 Å². The molecule has 2 aromatic heterocycles. The van der Waals surface area contributed by atoms with Crippen molar-refractivity contribution in [3.8, 4) is 10.6 Å². The zero-order chi connectivity index (χ0) is 15.5. The molecule has 6 nitrogen and oxygen atoms in total. The first kappa shape index (κ1) is 15.2. The fraction of sp³-hybridized carbons (Fsp3) is 0.533. The maximum absolute atomic E-state index is 12.1. The summed E-state index contributed by atoms with van der Waals surface area (Å²) in [6.07, 6.45) is 7.60. The van der Waals surface area contributed by atoms with Crippen LogP contribution in [0.5, 0.6) is 0 Å². The third kappa shape index (κ3) is 3.36. The first-order chi connectivity index (χ1) is 10.6. The van der Waals surface area contributed by atoms with Crippen molar-refractivity contribution in [2.45, 2.75) is 31.8 Å². The van der Waals surface area contributed by atoms with Gasteiger partial charge in [0.1, 0.15) is 10.7 Å². The normalized spacial score (nSPS) is 16.8. The predicted molar refractivity (Wildman–Crippen MR) is 84.6 cm³/mol. The quantitative estimate of drug-likeness (QED) is 0.881. The standard InChI is InChI=1S/C15H20N4O2S/c1-19-8-11(6-17-19)15-18-12(9-22-15)14(21)16-7-13(20)10-4-2-3-5-10/h6,8-10,13,20H,2-5,7H2,1H3,(H,16,21). The molecule has 118 valence electrons. The minimum absolute atomic E-state index is 0.233.